The number of rotatable bonds is 7. The lowest BCUT2D eigenvalue weighted by molar-refractivity contribution is 0.303. The van der Waals surface area contributed by atoms with Crippen LogP contribution < -0.4 is 11.1 Å². The highest BCUT2D eigenvalue weighted by atomic mass is 35.5. The third-order valence-electron chi connectivity index (χ3n) is 2.87. The zero-order valence-electron chi connectivity index (χ0n) is 10.7. The first kappa shape index (κ1) is 14.1. The highest BCUT2D eigenvalue weighted by Gasteiger charge is 2.00. The number of nitrogen functional groups attached to an aromatic ring is 1. The van der Waals surface area contributed by atoms with Gasteiger partial charge in [0.15, 0.2) is 0 Å². The number of hydrogen-bond acceptors (Lipinski definition) is 3. The van der Waals surface area contributed by atoms with Crippen molar-refractivity contribution in [3.05, 3.63) is 23.2 Å². The Morgan fingerprint density at radius 3 is 2.59 bits per heavy atom. The number of halogens is 1. The molecule has 0 atom stereocenters. The third kappa shape index (κ3) is 4.84. The molecule has 0 saturated carbocycles. The van der Waals surface area contributed by atoms with Gasteiger partial charge in [0.05, 0.1) is 11.4 Å². The molecule has 1 aromatic rings. The predicted molar refractivity (Wildman–Crippen MR) is 76.8 cm³/mol. The molecule has 0 spiro atoms. The van der Waals surface area contributed by atoms with Gasteiger partial charge in [-0.3, -0.25) is 0 Å². The molecule has 0 aliphatic carbocycles. The second kappa shape index (κ2) is 7.41. The lowest BCUT2D eigenvalue weighted by Crippen LogP contribution is -2.25. The van der Waals surface area contributed by atoms with Gasteiger partial charge in [0.25, 0.3) is 0 Å². The summed E-state index contributed by atoms with van der Waals surface area (Å²) in [7, 11) is 0. The van der Waals surface area contributed by atoms with E-state index < -0.39 is 0 Å². The number of anilines is 2. The summed E-state index contributed by atoms with van der Waals surface area (Å²) in [5, 5.41) is 4.01. The Bertz CT molecular complexity index is 337. The van der Waals surface area contributed by atoms with E-state index in [4.69, 9.17) is 17.3 Å². The van der Waals surface area contributed by atoms with Crippen LogP contribution in [0.25, 0.3) is 0 Å². The number of nitrogens with zero attached hydrogens (tertiary/aromatic N) is 1. The van der Waals surface area contributed by atoms with Gasteiger partial charge in [0.1, 0.15) is 0 Å². The van der Waals surface area contributed by atoms with E-state index in [0.717, 1.165) is 38.3 Å². The minimum atomic E-state index is 0.677. The Morgan fingerprint density at radius 2 is 2.00 bits per heavy atom. The minimum absolute atomic E-state index is 0.677. The maximum atomic E-state index is 5.86. The Kier molecular flexibility index (Phi) is 6.16. The molecule has 0 heterocycles. The van der Waals surface area contributed by atoms with Gasteiger partial charge in [-0.2, -0.15) is 0 Å². The van der Waals surface area contributed by atoms with Crippen molar-refractivity contribution in [2.45, 2.75) is 20.3 Å². The van der Waals surface area contributed by atoms with Crippen LogP contribution in [-0.2, 0) is 0 Å². The molecule has 1 rings (SSSR count). The molecule has 0 fully saturated rings. The molecule has 0 bridgehead atoms. The minimum Gasteiger partial charge on any atom is -0.397 e. The monoisotopic (exact) mass is 255 g/mol. The SMILES string of the molecule is CCN(CC)CCCNc1ccc(Cl)cc1N. The first-order valence-electron chi connectivity index (χ1n) is 6.18. The average molecular weight is 256 g/mol. The van der Waals surface area contributed by atoms with E-state index in [2.05, 4.69) is 24.1 Å². The van der Waals surface area contributed by atoms with Crippen molar-refractivity contribution in [1.29, 1.82) is 0 Å². The number of nitrogens with one attached hydrogen (secondary N) is 1. The fourth-order valence-electron chi connectivity index (χ4n) is 1.76. The van der Waals surface area contributed by atoms with Crippen LogP contribution in [0.2, 0.25) is 5.02 Å². The number of nitrogens with two attached hydrogens (primary N) is 1. The molecule has 4 heteroatoms. The maximum absolute atomic E-state index is 5.86. The van der Waals surface area contributed by atoms with Gasteiger partial charge >= 0.3 is 0 Å². The van der Waals surface area contributed by atoms with Crippen molar-refractivity contribution in [3.63, 3.8) is 0 Å². The van der Waals surface area contributed by atoms with E-state index >= 15 is 0 Å². The molecule has 0 saturated heterocycles. The highest BCUT2D eigenvalue weighted by Crippen LogP contribution is 2.22. The summed E-state index contributed by atoms with van der Waals surface area (Å²) in [6.45, 7) is 8.65. The Morgan fingerprint density at radius 1 is 1.29 bits per heavy atom. The van der Waals surface area contributed by atoms with Gasteiger partial charge < -0.3 is 16.0 Å². The molecule has 0 amide bonds. The van der Waals surface area contributed by atoms with Gasteiger partial charge in [0, 0.05) is 11.6 Å². The van der Waals surface area contributed by atoms with Crippen molar-refractivity contribution >= 4 is 23.0 Å². The molecule has 3 nitrogen and oxygen atoms in total. The van der Waals surface area contributed by atoms with E-state index in [1.165, 1.54) is 0 Å². The summed E-state index contributed by atoms with van der Waals surface area (Å²) < 4.78 is 0. The van der Waals surface area contributed by atoms with Crippen LogP contribution in [0, 0.1) is 0 Å². The highest BCUT2D eigenvalue weighted by molar-refractivity contribution is 6.31. The summed E-state index contributed by atoms with van der Waals surface area (Å²) in [6, 6.07) is 5.55. The lowest BCUT2D eigenvalue weighted by Gasteiger charge is -2.18. The Balaban J connectivity index is 2.31. The molecule has 0 aliphatic heterocycles. The van der Waals surface area contributed by atoms with E-state index in [0.29, 0.717) is 10.7 Å². The van der Waals surface area contributed by atoms with Crippen LogP contribution in [0.5, 0.6) is 0 Å². The second-order valence-electron chi connectivity index (χ2n) is 4.04. The van der Waals surface area contributed by atoms with Crippen molar-refractivity contribution in [2.24, 2.45) is 0 Å². The molecule has 96 valence electrons. The quantitative estimate of drug-likeness (QED) is 0.581. The van der Waals surface area contributed by atoms with Gasteiger partial charge in [-0.15, -0.1) is 0 Å². The average Bonchev–Trinajstić information content (AvgIpc) is 2.32. The van der Waals surface area contributed by atoms with Crippen LogP contribution in [0.15, 0.2) is 18.2 Å². The van der Waals surface area contributed by atoms with Crippen molar-refractivity contribution in [3.8, 4) is 0 Å². The van der Waals surface area contributed by atoms with Crippen LogP contribution >= 0.6 is 11.6 Å². The standard InChI is InChI=1S/C13H22ClN3/c1-3-17(4-2)9-5-8-16-13-7-6-11(14)10-12(13)15/h6-7,10,16H,3-5,8-9,15H2,1-2H3. The van der Waals surface area contributed by atoms with Gasteiger partial charge in [-0.25, -0.2) is 0 Å². The molecule has 0 aromatic heterocycles. The lowest BCUT2D eigenvalue weighted by atomic mass is 10.2. The summed E-state index contributed by atoms with van der Waals surface area (Å²) >= 11 is 5.84. The van der Waals surface area contributed by atoms with Crippen LogP contribution in [0.3, 0.4) is 0 Å². The molecule has 0 unspecified atom stereocenters. The first-order valence-corrected chi connectivity index (χ1v) is 6.56. The van der Waals surface area contributed by atoms with E-state index in [1.807, 2.05) is 12.1 Å². The van der Waals surface area contributed by atoms with Gasteiger partial charge in [-0.1, -0.05) is 25.4 Å². The van der Waals surface area contributed by atoms with Crippen molar-refractivity contribution < 1.29 is 0 Å². The zero-order chi connectivity index (χ0) is 12.7. The van der Waals surface area contributed by atoms with E-state index in [-0.39, 0.29) is 0 Å². The smallest absolute Gasteiger partial charge is 0.0574 e. The third-order valence-corrected chi connectivity index (χ3v) is 3.11. The molecular formula is C13H22ClN3. The molecule has 1 aromatic carbocycles. The largest absolute Gasteiger partial charge is 0.397 e. The summed E-state index contributed by atoms with van der Waals surface area (Å²) in [5.41, 5.74) is 7.53. The topological polar surface area (TPSA) is 41.3 Å². The first-order chi connectivity index (χ1) is 8.17. The predicted octanol–water partition coefficient (Wildman–Crippen LogP) is 3.07. The van der Waals surface area contributed by atoms with Crippen LogP contribution in [0.1, 0.15) is 20.3 Å². The molecule has 17 heavy (non-hydrogen) atoms. The number of hydrogen-bond donors (Lipinski definition) is 2. The van der Waals surface area contributed by atoms with Gasteiger partial charge in [-0.05, 0) is 44.3 Å². The molecular weight excluding hydrogens is 234 g/mol. The molecule has 3 N–H and O–H groups in total. The summed E-state index contributed by atoms with van der Waals surface area (Å²) in [6.07, 6.45) is 1.11. The fourth-order valence-corrected chi connectivity index (χ4v) is 1.94. The fraction of sp³-hybridized carbons (Fsp3) is 0.538. The van der Waals surface area contributed by atoms with Crippen molar-refractivity contribution in [2.75, 3.05) is 37.2 Å². The normalized spacial score (nSPS) is 10.8. The number of benzene rings is 1. The summed E-state index contributed by atoms with van der Waals surface area (Å²) in [5.74, 6) is 0. The van der Waals surface area contributed by atoms with E-state index in [9.17, 15) is 0 Å². The Hall–Kier alpha value is -0.930. The van der Waals surface area contributed by atoms with Crippen LogP contribution in [0.4, 0.5) is 11.4 Å². The maximum Gasteiger partial charge on any atom is 0.0574 e. The second-order valence-corrected chi connectivity index (χ2v) is 4.48. The van der Waals surface area contributed by atoms with Crippen molar-refractivity contribution in [1.82, 2.24) is 4.90 Å². The Labute approximate surface area is 109 Å². The molecule has 0 aliphatic rings. The van der Waals surface area contributed by atoms with E-state index in [1.54, 1.807) is 6.07 Å². The summed E-state index contributed by atoms with van der Waals surface area (Å²) in [4.78, 5) is 2.41. The zero-order valence-corrected chi connectivity index (χ0v) is 11.4. The van der Waals surface area contributed by atoms with Gasteiger partial charge in [0.2, 0.25) is 0 Å². The van der Waals surface area contributed by atoms with Crippen LogP contribution in [-0.4, -0.2) is 31.1 Å². The molecule has 0 radical (unpaired) electrons.